The first-order valence-electron chi connectivity index (χ1n) is 10.9. The average Bonchev–Trinajstić information content (AvgIpc) is 2.78. The quantitative estimate of drug-likeness (QED) is 0.441. The molecule has 1 N–H and O–H groups in total. The normalized spacial score (nSPS) is 12.5. The van der Waals surface area contributed by atoms with E-state index in [9.17, 15) is 13.2 Å². The van der Waals surface area contributed by atoms with Crippen molar-refractivity contribution in [2.24, 2.45) is 0 Å². The van der Waals surface area contributed by atoms with E-state index in [0.29, 0.717) is 10.6 Å². The highest BCUT2D eigenvalue weighted by Gasteiger charge is 2.27. The summed E-state index contributed by atoms with van der Waals surface area (Å²) in [5, 5.41) is 3.45. The number of sulfonamides is 1. The lowest BCUT2D eigenvalue weighted by atomic mass is 10.1. The highest BCUT2D eigenvalue weighted by Crippen LogP contribution is 2.20. The molecule has 0 saturated carbocycles. The van der Waals surface area contributed by atoms with Gasteiger partial charge in [0.25, 0.3) is 0 Å². The number of benzene rings is 3. The predicted molar refractivity (Wildman–Crippen MR) is 133 cm³/mol. The van der Waals surface area contributed by atoms with Crippen molar-refractivity contribution in [1.29, 1.82) is 0 Å². The van der Waals surface area contributed by atoms with Crippen molar-refractivity contribution < 1.29 is 13.2 Å². The molecule has 0 aliphatic carbocycles. The van der Waals surface area contributed by atoms with Gasteiger partial charge in [0.05, 0.1) is 11.4 Å². The Morgan fingerprint density at radius 1 is 0.970 bits per heavy atom. The first-order chi connectivity index (χ1) is 15.7. The summed E-state index contributed by atoms with van der Waals surface area (Å²) in [6.07, 6.45) is 1.59. The van der Waals surface area contributed by atoms with Crippen LogP contribution in [0.1, 0.15) is 30.0 Å². The van der Waals surface area contributed by atoms with Gasteiger partial charge in [0.15, 0.2) is 0 Å². The molecule has 174 valence electrons. The van der Waals surface area contributed by atoms with E-state index < -0.39 is 10.0 Å². The van der Waals surface area contributed by atoms with Crippen molar-refractivity contribution in [3.63, 3.8) is 0 Å². The van der Waals surface area contributed by atoms with Crippen LogP contribution in [0.15, 0.2) is 83.8 Å². The summed E-state index contributed by atoms with van der Waals surface area (Å²) in [6.45, 7) is 3.59. The van der Waals surface area contributed by atoms with Crippen LogP contribution in [0.3, 0.4) is 0 Å². The zero-order valence-electron chi connectivity index (χ0n) is 18.9. The van der Waals surface area contributed by atoms with Crippen molar-refractivity contribution in [3.05, 3.63) is 101 Å². The summed E-state index contributed by atoms with van der Waals surface area (Å²) in [7, 11) is -3.89. The number of carbonyl (C=O) groups excluding carboxylic acids is 1. The number of hydrogen-bond donors (Lipinski definition) is 1. The maximum atomic E-state index is 13.4. The number of nitrogens with one attached hydrogen (secondary N) is 1. The topological polar surface area (TPSA) is 66.5 Å². The third-order valence-electron chi connectivity index (χ3n) is 5.34. The van der Waals surface area contributed by atoms with Crippen LogP contribution in [0.2, 0.25) is 5.02 Å². The van der Waals surface area contributed by atoms with Gasteiger partial charge >= 0.3 is 0 Å². The largest absolute Gasteiger partial charge is 0.352 e. The number of hydrogen-bond acceptors (Lipinski definition) is 3. The first kappa shape index (κ1) is 25.0. The van der Waals surface area contributed by atoms with Gasteiger partial charge in [-0.05, 0) is 62.1 Å². The van der Waals surface area contributed by atoms with Gasteiger partial charge in [-0.2, -0.15) is 4.31 Å². The summed E-state index contributed by atoms with van der Waals surface area (Å²) in [5.41, 5.74) is 2.87. The smallest absolute Gasteiger partial charge is 0.243 e. The van der Waals surface area contributed by atoms with Gasteiger partial charge in [-0.1, -0.05) is 71.8 Å². The zero-order valence-corrected chi connectivity index (χ0v) is 20.4. The number of nitrogens with zero attached hydrogens (tertiary/aromatic N) is 1. The van der Waals surface area contributed by atoms with Gasteiger partial charge < -0.3 is 5.32 Å². The Kier molecular flexibility index (Phi) is 8.67. The lowest BCUT2D eigenvalue weighted by Crippen LogP contribution is -2.43. The maximum Gasteiger partial charge on any atom is 0.243 e. The van der Waals surface area contributed by atoms with Crippen LogP contribution < -0.4 is 5.32 Å². The van der Waals surface area contributed by atoms with Crippen molar-refractivity contribution >= 4 is 27.5 Å². The van der Waals surface area contributed by atoms with Crippen LogP contribution in [0.4, 0.5) is 0 Å². The van der Waals surface area contributed by atoms with Crippen LogP contribution in [-0.4, -0.2) is 31.2 Å². The molecule has 1 amide bonds. The maximum absolute atomic E-state index is 13.4. The van der Waals surface area contributed by atoms with E-state index in [1.807, 2.05) is 32.0 Å². The van der Waals surface area contributed by atoms with Crippen molar-refractivity contribution in [3.8, 4) is 0 Å². The van der Waals surface area contributed by atoms with Gasteiger partial charge in [0, 0.05) is 17.6 Å². The molecule has 3 aromatic carbocycles. The second-order valence-corrected chi connectivity index (χ2v) is 10.6. The number of aryl methyl sites for hydroxylation is 2. The van der Waals surface area contributed by atoms with Gasteiger partial charge in [-0.3, -0.25) is 4.79 Å². The molecule has 33 heavy (non-hydrogen) atoms. The highest BCUT2D eigenvalue weighted by atomic mass is 35.5. The number of halogens is 1. The van der Waals surface area contributed by atoms with Gasteiger partial charge in [-0.15, -0.1) is 0 Å². The molecular formula is C26H29ClN2O3S. The Hall–Kier alpha value is -2.67. The van der Waals surface area contributed by atoms with Crippen LogP contribution in [0, 0.1) is 6.92 Å². The zero-order chi connectivity index (χ0) is 23.8. The standard InChI is InChI=1S/C26H29ClN2O3S/c1-20-11-15-25(16-12-20)33(31,32)29(18-23-9-6-10-24(27)17-23)19-26(30)28-21(2)13-14-22-7-4-3-5-8-22/h3-12,15-17,21H,13-14,18-19H2,1-2H3,(H,28,30)/t21-/m1/s1. The SMILES string of the molecule is Cc1ccc(S(=O)(=O)N(CC(=O)N[C@H](C)CCc2ccccc2)Cc2cccc(Cl)c2)cc1. The van der Waals surface area contributed by atoms with Gasteiger partial charge in [-0.25, -0.2) is 8.42 Å². The molecule has 0 aromatic heterocycles. The predicted octanol–water partition coefficient (Wildman–Crippen LogP) is 4.98. The monoisotopic (exact) mass is 484 g/mol. The molecule has 3 rings (SSSR count). The molecule has 0 fully saturated rings. The van der Waals surface area contributed by atoms with E-state index >= 15 is 0 Å². The molecule has 5 nitrogen and oxygen atoms in total. The number of rotatable bonds is 10. The van der Waals surface area contributed by atoms with Crippen LogP contribution in [0.25, 0.3) is 0 Å². The van der Waals surface area contributed by atoms with E-state index in [1.54, 1.807) is 48.5 Å². The molecule has 3 aromatic rings. The molecule has 1 atom stereocenters. The summed E-state index contributed by atoms with van der Waals surface area (Å²) < 4.78 is 28.0. The average molecular weight is 485 g/mol. The van der Waals surface area contributed by atoms with Crippen LogP contribution in [0.5, 0.6) is 0 Å². The number of amides is 1. The van der Waals surface area contributed by atoms with Crippen molar-refractivity contribution in [2.45, 2.75) is 44.2 Å². The second kappa shape index (κ2) is 11.5. The Labute approximate surface area is 201 Å². The Balaban J connectivity index is 1.72. The molecule has 0 aliphatic heterocycles. The van der Waals surface area contributed by atoms with Gasteiger partial charge in [0.2, 0.25) is 15.9 Å². The Bertz CT molecular complexity index is 1170. The molecule has 0 radical (unpaired) electrons. The van der Waals surface area contributed by atoms with E-state index in [-0.39, 0.29) is 29.9 Å². The third-order valence-corrected chi connectivity index (χ3v) is 7.38. The lowest BCUT2D eigenvalue weighted by Gasteiger charge is -2.23. The Morgan fingerprint density at radius 2 is 1.64 bits per heavy atom. The van der Waals surface area contributed by atoms with Crippen LogP contribution >= 0.6 is 11.6 Å². The minimum atomic E-state index is -3.89. The molecule has 7 heteroatoms. The molecule has 0 bridgehead atoms. The highest BCUT2D eigenvalue weighted by molar-refractivity contribution is 7.89. The summed E-state index contributed by atoms with van der Waals surface area (Å²) in [4.78, 5) is 13.0. The van der Waals surface area contributed by atoms with E-state index in [4.69, 9.17) is 11.6 Å². The fourth-order valence-corrected chi connectivity index (χ4v) is 5.10. The molecule has 0 aliphatic rings. The Morgan fingerprint density at radius 3 is 2.30 bits per heavy atom. The summed E-state index contributed by atoms with van der Waals surface area (Å²) >= 11 is 6.09. The summed E-state index contributed by atoms with van der Waals surface area (Å²) in [5.74, 6) is -0.340. The lowest BCUT2D eigenvalue weighted by molar-refractivity contribution is -0.122. The minimum Gasteiger partial charge on any atom is -0.352 e. The molecular weight excluding hydrogens is 456 g/mol. The summed E-state index contributed by atoms with van der Waals surface area (Å²) in [6, 6.07) is 23.6. The third kappa shape index (κ3) is 7.42. The van der Waals surface area contributed by atoms with E-state index in [1.165, 1.54) is 9.87 Å². The van der Waals surface area contributed by atoms with Crippen LogP contribution in [-0.2, 0) is 27.8 Å². The molecule has 0 spiro atoms. The number of carbonyl (C=O) groups is 1. The molecule has 0 heterocycles. The molecule has 0 unspecified atom stereocenters. The van der Waals surface area contributed by atoms with Crippen molar-refractivity contribution in [2.75, 3.05) is 6.54 Å². The fraction of sp³-hybridized carbons (Fsp3) is 0.269. The van der Waals surface area contributed by atoms with E-state index in [0.717, 1.165) is 18.4 Å². The van der Waals surface area contributed by atoms with Crippen molar-refractivity contribution in [1.82, 2.24) is 9.62 Å². The minimum absolute atomic E-state index is 0.0442. The second-order valence-electron chi connectivity index (χ2n) is 8.21. The van der Waals surface area contributed by atoms with Gasteiger partial charge in [0.1, 0.15) is 0 Å². The fourth-order valence-electron chi connectivity index (χ4n) is 3.50. The molecule has 0 saturated heterocycles. The first-order valence-corrected chi connectivity index (χ1v) is 12.7. The van der Waals surface area contributed by atoms with E-state index in [2.05, 4.69) is 17.4 Å².